The van der Waals surface area contributed by atoms with E-state index in [1.165, 1.54) is 39.9 Å². The molecule has 2 aromatic rings. The van der Waals surface area contributed by atoms with E-state index in [2.05, 4.69) is 15.5 Å². The summed E-state index contributed by atoms with van der Waals surface area (Å²) in [5.41, 5.74) is 0.300. The van der Waals surface area contributed by atoms with E-state index in [-0.39, 0.29) is 18.5 Å². The molecule has 1 aromatic heterocycles. The third kappa shape index (κ3) is 5.73. The van der Waals surface area contributed by atoms with E-state index < -0.39 is 5.91 Å². The average Bonchev–Trinajstić information content (AvgIpc) is 3.36. The zero-order valence-corrected chi connectivity index (χ0v) is 18.8. The number of carbonyl (C=O) groups is 2. The quantitative estimate of drug-likeness (QED) is 0.579. The van der Waals surface area contributed by atoms with Gasteiger partial charge in [0.2, 0.25) is 11.7 Å². The highest BCUT2D eigenvalue weighted by Crippen LogP contribution is 2.38. The standard InChI is InChI=1S/C23H31N3O6/c1-29-19-12-16(13-20(30-2)22(19)31-3)23(28)25-15-21(27)24-14-17(18-8-7-11-32-18)26-9-5-4-6-10-26/h7-8,11-13,17H,4-6,9-10,14-15H2,1-3H3,(H,24,27)(H,25,28)/t17-/m0/s1. The van der Waals surface area contributed by atoms with Crippen molar-refractivity contribution in [3.8, 4) is 17.2 Å². The molecule has 32 heavy (non-hydrogen) atoms. The largest absolute Gasteiger partial charge is 0.493 e. The Bertz CT molecular complexity index is 868. The average molecular weight is 446 g/mol. The molecular weight excluding hydrogens is 414 g/mol. The number of furan rings is 1. The summed E-state index contributed by atoms with van der Waals surface area (Å²) in [6, 6.07) is 6.83. The van der Waals surface area contributed by atoms with Gasteiger partial charge in [-0.3, -0.25) is 14.5 Å². The lowest BCUT2D eigenvalue weighted by molar-refractivity contribution is -0.120. The van der Waals surface area contributed by atoms with Crippen LogP contribution in [-0.4, -0.2) is 64.2 Å². The van der Waals surface area contributed by atoms with Crippen LogP contribution in [0.3, 0.4) is 0 Å². The van der Waals surface area contributed by atoms with Crippen LogP contribution >= 0.6 is 0 Å². The summed E-state index contributed by atoms with van der Waals surface area (Å²) in [5, 5.41) is 5.55. The Kier molecular flexibility index (Phi) is 8.38. The Morgan fingerprint density at radius 2 is 1.72 bits per heavy atom. The van der Waals surface area contributed by atoms with E-state index in [1.807, 2.05) is 12.1 Å². The van der Waals surface area contributed by atoms with Gasteiger partial charge in [0.15, 0.2) is 11.5 Å². The third-order valence-corrected chi connectivity index (χ3v) is 5.53. The lowest BCUT2D eigenvalue weighted by Crippen LogP contribution is -2.43. The van der Waals surface area contributed by atoms with Gasteiger partial charge >= 0.3 is 0 Å². The van der Waals surface area contributed by atoms with Crippen molar-refractivity contribution in [2.45, 2.75) is 25.3 Å². The van der Waals surface area contributed by atoms with E-state index in [0.717, 1.165) is 31.7 Å². The summed E-state index contributed by atoms with van der Waals surface area (Å²) in [5.74, 6) is 1.26. The Morgan fingerprint density at radius 3 is 2.28 bits per heavy atom. The number of amides is 2. The second-order valence-corrected chi connectivity index (χ2v) is 7.53. The molecule has 0 aliphatic carbocycles. The van der Waals surface area contributed by atoms with Crippen LogP contribution in [-0.2, 0) is 4.79 Å². The summed E-state index contributed by atoms with van der Waals surface area (Å²) in [4.78, 5) is 27.4. The van der Waals surface area contributed by atoms with Crippen LogP contribution in [0.5, 0.6) is 17.2 Å². The molecular formula is C23H31N3O6. The van der Waals surface area contributed by atoms with Gasteiger partial charge in [-0.2, -0.15) is 0 Å². The Labute approximate surface area is 188 Å². The summed E-state index contributed by atoms with van der Waals surface area (Å²) in [6.07, 6.45) is 5.14. The molecule has 1 aliphatic rings. The molecule has 0 bridgehead atoms. The molecule has 2 N–H and O–H groups in total. The minimum atomic E-state index is -0.419. The smallest absolute Gasteiger partial charge is 0.251 e. The fourth-order valence-electron chi connectivity index (χ4n) is 3.87. The van der Waals surface area contributed by atoms with Gasteiger partial charge in [-0.25, -0.2) is 0 Å². The second-order valence-electron chi connectivity index (χ2n) is 7.53. The number of ether oxygens (including phenoxy) is 3. The summed E-state index contributed by atoms with van der Waals surface area (Å²) < 4.78 is 21.4. The van der Waals surface area contributed by atoms with Gasteiger partial charge in [0, 0.05) is 12.1 Å². The first-order chi connectivity index (χ1) is 15.6. The molecule has 0 unspecified atom stereocenters. The van der Waals surface area contributed by atoms with Crippen LogP contribution in [0.25, 0.3) is 0 Å². The number of nitrogens with one attached hydrogen (secondary N) is 2. The van der Waals surface area contributed by atoms with Crippen molar-refractivity contribution in [2.75, 3.05) is 47.5 Å². The Morgan fingerprint density at radius 1 is 1.03 bits per heavy atom. The summed E-state index contributed by atoms with van der Waals surface area (Å²) in [7, 11) is 4.44. The van der Waals surface area contributed by atoms with Crippen molar-refractivity contribution in [3.63, 3.8) is 0 Å². The molecule has 0 saturated carbocycles. The van der Waals surface area contributed by atoms with Gasteiger partial charge in [-0.05, 0) is 50.2 Å². The number of hydrogen-bond donors (Lipinski definition) is 2. The zero-order valence-electron chi connectivity index (χ0n) is 18.8. The van der Waals surface area contributed by atoms with E-state index in [9.17, 15) is 9.59 Å². The molecule has 1 atom stereocenters. The highest BCUT2D eigenvalue weighted by molar-refractivity contribution is 5.97. The van der Waals surface area contributed by atoms with E-state index in [0.29, 0.717) is 29.4 Å². The van der Waals surface area contributed by atoms with Gasteiger partial charge in [-0.1, -0.05) is 6.42 Å². The maximum atomic E-state index is 12.6. The van der Waals surface area contributed by atoms with Crippen LogP contribution in [0, 0.1) is 0 Å². The van der Waals surface area contributed by atoms with Crippen LogP contribution in [0.15, 0.2) is 34.9 Å². The topological polar surface area (TPSA) is 102 Å². The Balaban J connectivity index is 1.57. The highest BCUT2D eigenvalue weighted by atomic mass is 16.5. The zero-order chi connectivity index (χ0) is 22.9. The third-order valence-electron chi connectivity index (χ3n) is 5.53. The van der Waals surface area contributed by atoms with Crippen molar-refractivity contribution in [1.29, 1.82) is 0 Å². The van der Waals surface area contributed by atoms with Crippen molar-refractivity contribution in [1.82, 2.24) is 15.5 Å². The predicted octanol–water partition coefficient (Wildman–Crippen LogP) is 2.38. The maximum absolute atomic E-state index is 12.6. The molecule has 1 aromatic carbocycles. The lowest BCUT2D eigenvalue weighted by atomic mass is 10.1. The Hall–Kier alpha value is -3.20. The first-order valence-electron chi connectivity index (χ1n) is 10.7. The molecule has 0 radical (unpaired) electrons. The molecule has 0 spiro atoms. The van der Waals surface area contributed by atoms with Crippen LogP contribution in [0.2, 0.25) is 0 Å². The molecule has 2 amide bonds. The predicted molar refractivity (Wildman–Crippen MR) is 118 cm³/mol. The number of likely N-dealkylation sites (tertiary alicyclic amines) is 1. The molecule has 9 nitrogen and oxygen atoms in total. The minimum Gasteiger partial charge on any atom is -0.493 e. The highest BCUT2D eigenvalue weighted by Gasteiger charge is 2.25. The number of benzene rings is 1. The number of carbonyl (C=O) groups excluding carboxylic acids is 2. The van der Waals surface area contributed by atoms with Crippen LogP contribution in [0.1, 0.15) is 41.4 Å². The normalized spacial score (nSPS) is 15.0. The molecule has 174 valence electrons. The lowest BCUT2D eigenvalue weighted by Gasteiger charge is -2.33. The number of hydrogen-bond acceptors (Lipinski definition) is 7. The number of piperidine rings is 1. The van der Waals surface area contributed by atoms with E-state index in [1.54, 1.807) is 6.26 Å². The number of rotatable bonds is 10. The van der Waals surface area contributed by atoms with Crippen molar-refractivity contribution in [2.24, 2.45) is 0 Å². The van der Waals surface area contributed by atoms with Gasteiger partial charge in [-0.15, -0.1) is 0 Å². The molecule has 2 heterocycles. The van der Waals surface area contributed by atoms with Crippen molar-refractivity contribution < 1.29 is 28.2 Å². The number of nitrogens with zero attached hydrogens (tertiary/aromatic N) is 1. The van der Waals surface area contributed by atoms with Crippen molar-refractivity contribution >= 4 is 11.8 Å². The molecule has 1 aliphatic heterocycles. The molecule has 1 saturated heterocycles. The SMILES string of the molecule is COc1cc(C(=O)NCC(=O)NC[C@@H](c2ccco2)N2CCCCC2)cc(OC)c1OC. The van der Waals surface area contributed by atoms with Crippen molar-refractivity contribution in [3.05, 3.63) is 41.9 Å². The van der Waals surface area contributed by atoms with E-state index >= 15 is 0 Å². The van der Waals surface area contributed by atoms with Gasteiger partial charge in [0.05, 0.1) is 40.2 Å². The van der Waals surface area contributed by atoms with Crippen LogP contribution in [0.4, 0.5) is 0 Å². The fourth-order valence-corrected chi connectivity index (χ4v) is 3.87. The van der Waals surface area contributed by atoms with Gasteiger partial charge < -0.3 is 29.3 Å². The van der Waals surface area contributed by atoms with Gasteiger partial charge in [0.25, 0.3) is 5.91 Å². The van der Waals surface area contributed by atoms with Gasteiger partial charge in [0.1, 0.15) is 5.76 Å². The monoisotopic (exact) mass is 445 g/mol. The minimum absolute atomic E-state index is 0.0277. The summed E-state index contributed by atoms with van der Waals surface area (Å²) in [6.45, 7) is 2.20. The first kappa shape index (κ1) is 23.5. The molecule has 9 heteroatoms. The second kappa shape index (κ2) is 11.4. The first-order valence-corrected chi connectivity index (χ1v) is 10.7. The summed E-state index contributed by atoms with van der Waals surface area (Å²) >= 11 is 0. The molecule has 1 fully saturated rings. The number of methoxy groups -OCH3 is 3. The van der Waals surface area contributed by atoms with E-state index in [4.69, 9.17) is 18.6 Å². The maximum Gasteiger partial charge on any atom is 0.251 e. The molecule has 3 rings (SSSR count). The fraction of sp³-hybridized carbons (Fsp3) is 0.478. The van der Waals surface area contributed by atoms with Crippen LogP contribution < -0.4 is 24.8 Å².